The van der Waals surface area contributed by atoms with E-state index in [1.54, 1.807) is 41.5 Å². The average Bonchev–Trinajstić information content (AvgIpc) is 2.88. The van der Waals surface area contributed by atoms with Gasteiger partial charge in [0.1, 0.15) is 23.3 Å². The number of ether oxygens (including phenoxy) is 6. The van der Waals surface area contributed by atoms with Crippen LogP contribution in [-0.4, -0.2) is 59.5 Å². The van der Waals surface area contributed by atoms with E-state index in [9.17, 15) is 24.3 Å². The first-order chi connectivity index (χ1) is 19.4. The molecule has 0 aliphatic rings. The van der Waals surface area contributed by atoms with E-state index >= 15 is 0 Å². The Morgan fingerprint density at radius 3 is 1.86 bits per heavy atom. The third kappa shape index (κ3) is 12.1. The van der Waals surface area contributed by atoms with Crippen LogP contribution in [0.4, 0.5) is 14.4 Å². The van der Waals surface area contributed by atoms with Crippen LogP contribution in [0.2, 0.25) is 0 Å². The summed E-state index contributed by atoms with van der Waals surface area (Å²) < 4.78 is 31.9. The van der Waals surface area contributed by atoms with Crippen molar-refractivity contribution in [3.05, 3.63) is 23.8 Å². The van der Waals surface area contributed by atoms with Crippen LogP contribution in [0.5, 0.6) is 11.5 Å². The Kier molecular flexibility index (Phi) is 14.1. The topological polar surface area (TPSA) is 170 Å². The van der Waals surface area contributed by atoms with Gasteiger partial charge in [0.05, 0.1) is 6.61 Å². The molecule has 0 saturated heterocycles. The largest absolute Gasteiger partial charge is 0.514 e. The van der Waals surface area contributed by atoms with E-state index in [1.165, 1.54) is 18.2 Å². The molecule has 0 aromatic heterocycles. The van der Waals surface area contributed by atoms with E-state index in [4.69, 9.17) is 34.2 Å². The first kappa shape index (κ1) is 36.5. The van der Waals surface area contributed by atoms with Gasteiger partial charge in [-0.3, -0.25) is 4.79 Å². The molecule has 0 aliphatic carbocycles. The Bertz CT molecular complexity index is 1070. The summed E-state index contributed by atoms with van der Waals surface area (Å²) in [5.41, 5.74) is 4.73. The summed E-state index contributed by atoms with van der Waals surface area (Å²) >= 11 is 0. The van der Waals surface area contributed by atoms with Crippen molar-refractivity contribution >= 4 is 24.4 Å². The smallest absolute Gasteiger partial charge is 0.480 e. The molecule has 12 heteroatoms. The van der Waals surface area contributed by atoms with E-state index in [2.05, 4.69) is 0 Å². The van der Waals surface area contributed by atoms with Gasteiger partial charge in [-0.15, -0.1) is 0 Å². The maximum absolute atomic E-state index is 12.7. The highest BCUT2D eigenvalue weighted by atomic mass is 16.8. The molecule has 0 amide bonds. The van der Waals surface area contributed by atoms with Crippen LogP contribution >= 0.6 is 0 Å². The van der Waals surface area contributed by atoms with Crippen LogP contribution in [0.3, 0.4) is 0 Å². The predicted octanol–water partition coefficient (Wildman–Crippen LogP) is 6.57. The van der Waals surface area contributed by atoms with Gasteiger partial charge in [0, 0.05) is 5.92 Å². The van der Waals surface area contributed by atoms with E-state index < -0.39 is 53.5 Å². The summed E-state index contributed by atoms with van der Waals surface area (Å²) in [6, 6.07) is 2.71. The lowest BCUT2D eigenvalue weighted by atomic mass is 9.82. The number of rotatable bonds is 15. The van der Waals surface area contributed by atoms with Gasteiger partial charge in [0.2, 0.25) is 0 Å². The van der Waals surface area contributed by atoms with Gasteiger partial charge in [0.25, 0.3) is 0 Å². The highest BCUT2D eigenvalue weighted by Gasteiger charge is 2.34. The average molecular weight is 598 g/mol. The van der Waals surface area contributed by atoms with E-state index in [1.807, 2.05) is 20.8 Å². The van der Waals surface area contributed by atoms with Gasteiger partial charge in [-0.1, -0.05) is 40.2 Å². The van der Waals surface area contributed by atoms with Gasteiger partial charge in [-0.25, -0.2) is 14.4 Å². The SMILES string of the molecule is CCCC(C)OC(=O)OCC(C)C(c1ccc(OC(=O)OC(C)(C)CC)c(OC(=O)OC(C)(C)CC)c1)[C@H](N)C(=O)O. The van der Waals surface area contributed by atoms with Crippen molar-refractivity contribution in [1.82, 2.24) is 0 Å². The van der Waals surface area contributed by atoms with E-state index in [0.29, 0.717) is 24.8 Å². The minimum atomic E-state index is -1.43. The number of carbonyl (C=O) groups is 4. The molecule has 3 N–H and O–H groups in total. The zero-order valence-corrected chi connectivity index (χ0v) is 26.2. The van der Waals surface area contributed by atoms with Crippen LogP contribution in [0, 0.1) is 5.92 Å². The Balaban J connectivity index is 3.39. The van der Waals surface area contributed by atoms with Crippen LogP contribution < -0.4 is 15.2 Å². The third-order valence-electron chi connectivity index (χ3n) is 6.90. The number of carboxylic acids is 1. The lowest BCUT2D eigenvalue weighted by Crippen LogP contribution is -2.40. The highest BCUT2D eigenvalue weighted by Crippen LogP contribution is 2.36. The van der Waals surface area contributed by atoms with Crippen molar-refractivity contribution in [2.75, 3.05) is 6.61 Å². The number of hydrogen-bond donors (Lipinski definition) is 2. The molecule has 0 saturated carbocycles. The lowest BCUT2D eigenvalue weighted by Gasteiger charge is -2.28. The summed E-state index contributed by atoms with van der Waals surface area (Å²) in [6.07, 6.45) is -0.817. The Hall–Kier alpha value is -3.54. The van der Waals surface area contributed by atoms with Crippen molar-refractivity contribution in [3.8, 4) is 11.5 Å². The maximum atomic E-state index is 12.7. The summed E-state index contributed by atoms with van der Waals surface area (Å²) in [7, 11) is 0. The number of benzene rings is 1. The fraction of sp³-hybridized carbons (Fsp3) is 0.667. The molecule has 42 heavy (non-hydrogen) atoms. The Morgan fingerprint density at radius 2 is 1.38 bits per heavy atom. The summed E-state index contributed by atoms with van der Waals surface area (Å²) in [4.78, 5) is 49.3. The fourth-order valence-corrected chi connectivity index (χ4v) is 3.72. The van der Waals surface area contributed by atoms with Gasteiger partial charge in [0.15, 0.2) is 11.5 Å². The zero-order chi connectivity index (χ0) is 32.3. The molecule has 12 nitrogen and oxygen atoms in total. The zero-order valence-electron chi connectivity index (χ0n) is 26.2. The molecule has 1 aromatic carbocycles. The molecule has 1 aromatic rings. The van der Waals surface area contributed by atoms with Crippen LogP contribution in [0.1, 0.15) is 99.5 Å². The standard InChI is InChI=1S/C30H47NO11/c1-10-13-19(5)38-26(34)37-17-18(4)23(24(31)25(32)33)20-14-15-21(39-27(35)41-29(6,7)11-2)22(16-20)40-28(36)42-30(8,9)12-3/h14-16,18-19,23-24H,10-13,17,31H2,1-9H3,(H,32,33)/t18?,19?,23?,24-/m0/s1. The molecule has 0 spiro atoms. The number of aliphatic carboxylic acids is 1. The minimum absolute atomic E-state index is 0.165. The van der Waals surface area contributed by atoms with E-state index in [-0.39, 0.29) is 24.2 Å². The van der Waals surface area contributed by atoms with Gasteiger partial charge in [-0.05, 0) is 77.5 Å². The maximum Gasteiger partial charge on any atom is 0.514 e. The molecule has 4 atom stereocenters. The van der Waals surface area contributed by atoms with Gasteiger partial charge < -0.3 is 39.3 Å². The second kappa shape index (κ2) is 16.2. The molecule has 0 aliphatic heterocycles. The highest BCUT2D eigenvalue weighted by molar-refractivity contribution is 5.75. The molecule has 238 valence electrons. The first-order valence-corrected chi connectivity index (χ1v) is 14.2. The minimum Gasteiger partial charge on any atom is -0.480 e. The summed E-state index contributed by atoms with van der Waals surface area (Å²) in [6.45, 7) is 15.6. The van der Waals surface area contributed by atoms with Crippen molar-refractivity contribution in [1.29, 1.82) is 0 Å². The van der Waals surface area contributed by atoms with Crippen molar-refractivity contribution in [2.24, 2.45) is 11.7 Å². The number of carboxylic acid groups (broad SMARTS) is 1. The molecular formula is C30H47NO11. The summed E-state index contributed by atoms with van der Waals surface area (Å²) in [5.74, 6) is -3.23. The summed E-state index contributed by atoms with van der Waals surface area (Å²) in [5, 5.41) is 9.74. The Morgan fingerprint density at radius 1 is 0.857 bits per heavy atom. The third-order valence-corrected chi connectivity index (χ3v) is 6.90. The van der Waals surface area contributed by atoms with E-state index in [0.717, 1.165) is 6.42 Å². The predicted molar refractivity (Wildman–Crippen MR) is 154 cm³/mol. The molecule has 0 bridgehead atoms. The van der Waals surface area contributed by atoms with Crippen molar-refractivity contribution < 1.29 is 52.7 Å². The second-order valence-electron chi connectivity index (χ2n) is 11.5. The molecule has 0 heterocycles. The Labute approximate surface area is 248 Å². The van der Waals surface area contributed by atoms with Crippen molar-refractivity contribution in [2.45, 2.75) is 117 Å². The van der Waals surface area contributed by atoms with Gasteiger partial charge >= 0.3 is 24.4 Å². The van der Waals surface area contributed by atoms with Crippen molar-refractivity contribution in [3.63, 3.8) is 0 Å². The number of nitrogens with two attached hydrogens (primary N) is 1. The monoisotopic (exact) mass is 597 g/mol. The normalized spacial score (nSPS) is 14.5. The van der Waals surface area contributed by atoms with Crippen LogP contribution in [0.25, 0.3) is 0 Å². The number of hydrogen-bond acceptors (Lipinski definition) is 11. The van der Waals surface area contributed by atoms with Gasteiger partial charge in [-0.2, -0.15) is 0 Å². The lowest BCUT2D eigenvalue weighted by molar-refractivity contribution is -0.139. The second-order valence-corrected chi connectivity index (χ2v) is 11.5. The molecule has 0 fully saturated rings. The van der Waals surface area contributed by atoms with Crippen LogP contribution in [-0.2, 0) is 23.7 Å². The molecule has 0 radical (unpaired) electrons. The quantitative estimate of drug-likeness (QED) is 0.127. The molecular weight excluding hydrogens is 550 g/mol. The first-order valence-electron chi connectivity index (χ1n) is 14.2. The van der Waals surface area contributed by atoms with Crippen LogP contribution in [0.15, 0.2) is 18.2 Å². The number of carbonyl (C=O) groups excluding carboxylic acids is 3. The molecule has 3 unspecified atom stereocenters. The fourth-order valence-electron chi connectivity index (χ4n) is 3.72. The molecule has 1 rings (SSSR count).